The van der Waals surface area contributed by atoms with Gasteiger partial charge < -0.3 is 5.32 Å². The first-order valence-electron chi connectivity index (χ1n) is 7.21. The van der Waals surface area contributed by atoms with Crippen molar-refractivity contribution in [3.8, 4) is 0 Å². The van der Waals surface area contributed by atoms with E-state index in [1.54, 1.807) is 0 Å². The predicted octanol–water partition coefficient (Wildman–Crippen LogP) is 4.64. The Labute approximate surface area is 116 Å². The summed E-state index contributed by atoms with van der Waals surface area (Å²) >= 11 is 1.87. The summed E-state index contributed by atoms with van der Waals surface area (Å²) in [5.41, 5.74) is 1.50. The minimum absolute atomic E-state index is 0.555. The van der Waals surface area contributed by atoms with Gasteiger partial charge in [0, 0.05) is 10.9 Å². The van der Waals surface area contributed by atoms with E-state index >= 15 is 0 Å². The van der Waals surface area contributed by atoms with Crippen LogP contribution in [0.2, 0.25) is 0 Å². The topological polar surface area (TPSA) is 12.0 Å². The average molecular weight is 263 g/mol. The maximum Gasteiger partial charge on any atom is 0.0333 e. The van der Waals surface area contributed by atoms with Crippen molar-refractivity contribution in [3.05, 3.63) is 29.8 Å². The Balaban J connectivity index is 2.09. The molecule has 0 saturated heterocycles. The van der Waals surface area contributed by atoms with Gasteiger partial charge in [-0.25, -0.2) is 0 Å². The zero-order valence-corrected chi connectivity index (χ0v) is 12.4. The standard InChI is InChI=1S/C16H25NS/c1-3-11-17-15(12-13-7-6-8-13)14-9-4-5-10-16(14)18-2/h4-5,9-10,13,15,17H,3,6-8,11-12H2,1-2H3. The van der Waals surface area contributed by atoms with Crippen LogP contribution >= 0.6 is 11.8 Å². The summed E-state index contributed by atoms with van der Waals surface area (Å²) in [7, 11) is 0. The quantitative estimate of drug-likeness (QED) is 0.719. The Morgan fingerprint density at radius 1 is 1.33 bits per heavy atom. The molecule has 0 heterocycles. The van der Waals surface area contributed by atoms with E-state index in [4.69, 9.17) is 0 Å². The van der Waals surface area contributed by atoms with E-state index in [1.807, 2.05) is 11.8 Å². The molecule has 1 N–H and O–H groups in total. The number of thioether (sulfide) groups is 1. The van der Waals surface area contributed by atoms with Crippen LogP contribution in [0.15, 0.2) is 29.2 Å². The van der Waals surface area contributed by atoms with Gasteiger partial charge in [-0.2, -0.15) is 0 Å². The summed E-state index contributed by atoms with van der Waals surface area (Å²) in [5, 5.41) is 3.75. The maximum atomic E-state index is 3.75. The van der Waals surface area contributed by atoms with Crippen molar-refractivity contribution in [1.29, 1.82) is 0 Å². The molecule has 1 atom stereocenters. The molecule has 1 aromatic rings. The van der Waals surface area contributed by atoms with Crippen molar-refractivity contribution in [2.75, 3.05) is 12.8 Å². The van der Waals surface area contributed by atoms with Crippen LogP contribution in [0.5, 0.6) is 0 Å². The highest BCUT2D eigenvalue weighted by Gasteiger charge is 2.23. The van der Waals surface area contributed by atoms with E-state index in [1.165, 1.54) is 42.6 Å². The Morgan fingerprint density at radius 2 is 2.11 bits per heavy atom. The van der Waals surface area contributed by atoms with Crippen molar-refractivity contribution in [2.45, 2.75) is 50.0 Å². The zero-order valence-electron chi connectivity index (χ0n) is 11.6. The highest BCUT2D eigenvalue weighted by Crippen LogP contribution is 2.37. The third kappa shape index (κ3) is 3.52. The number of nitrogens with one attached hydrogen (secondary N) is 1. The van der Waals surface area contributed by atoms with Crippen LogP contribution in [-0.4, -0.2) is 12.8 Å². The van der Waals surface area contributed by atoms with Gasteiger partial charge in [0.25, 0.3) is 0 Å². The van der Waals surface area contributed by atoms with Gasteiger partial charge in [-0.05, 0) is 43.2 Å². The zero-order chi connectivity index (χ0) is 12.8. The fourth-order valence-corrected chi connectivity index (χ4v) is 3.32. The fraction of sp³-hybridized carbons (Fsp3) is 0.625. The number of hydrogen-bond donors (Lipinski definition) is 1. The number of hydrogen-bond acceptors (Lipinski definition) is 2. The van der Waals surface area contributed by atoms with Crippen LogP contribution in [0.1, 0.15) is 50.6 Å². The molecule has 1 fully saturated rings. The smallest absolute Gasteiger partial charge is 0.0333 e. The molecule has 1 nitrogen and oxygen atoms in total. The van der Waals surface area contributed by atoms with Crippen LogP contribution in [-0.2, 0) is 0 Å². The predicted molar refractivity (Wildman–Crippen MR) is 81.2 cm³/mol. The Hall–Kier alpha value is -0.470. The van der Waals surface area contributed by atoms with E-state index in [9.17, 15) is 0 Å². The van der Waals surface area contributed by atoms with Crippen LogP contribution in [0.25, 0.3) is 0 Å². The van der Waals surface area contributed by atoms with Crippen molar-refractivity contribution in [1.82, 2.24) is 5.32 Å². The molecule has 2 rings (SSSR count). The average Bonchev–Trinajstić information content (AvgIpc) is 2.37. The highest BCUT2D eigenvalue weighted by molar-refractivity contribution is 7.98. The number of benzene rings is 1. The van der Waals surface area contributed by atoms with Gasteiger partial charge in [-0.15, -0.1) is 11.8 Å². The summed E-state index contributed by atoms with van der Waals surface area (Å²) in [6.07, 6.45) is 9.02. The minimum atomic E-state index is 0.555. The SMILES string of the molecule is CCCNC(CC1CCC1)c1ccccc1SC. The molecule has 2 heteroatoms. The van der Waals surface area contributed by atoms with Crippen molar-refractivity contribution in [3.63, 3.8) is 0 Å². The van der Waals surface area contributed by atoms with Crippen LogP contribution in [0.4, 0.5) is 0 Å². The molecule has 1 saturated carbocycles. The summed E-state index contributed by atoms with van der Waals surface area (Å²) < 4.78 is 0. The second kappa shape index (κ2) is 7.20. The largest absolute Gasteiger partial charge is 0.310 e. The van der Waals surface area contributed by atoms with E-state index in [0.29, 0.717) is 6.04 Å². The molecule has 18 heavy (non-hydrogen) atoms. The van der Waals surface area contributed by atoms with Gasteiger partial charge in [0.1, 0.15) is 0 Å². The second-order valence-corrected chi connectivity index (χ2v) is 6.13. The first kappa shape index (κ1) is 14.0. The molecule has 1 aliphatic carbocycles. The lowest BCUT2D eigenvalue weighted by atomic mass is 9.79. The molecule has 100 valence electrons. The van der Waals surface area contributed by atoms with Gasteiger partial charge in [0.05, 0.1) is 0 Å². The Kier molecular flexibility index (Phi) is 5.58. The van der Waals surface area contributed by atoms with Crippen molar-refractivity contribution in [2.24, 2.45) is 5.92 Å². The molecule has 1 aromatic carbocycles. The number of rotatable bonds is 7. The summed E-state index contributed by atoms with van der Waals surface area (Å²) in [4.78, 5) is 1.44. The lowest BCUT2D eigenvalue weighted by Gasteiger charge is -2.31. The Bertz CT molecular complexity index is 360. The Morgan fingerprint density at radius 3 is 2.72 bits per heavy atom. The monoisotopic (exact) mass is 263 g/mol. The molecule has 1 aliphatic rings. The first-order valence-corrected chi connectivity index (χ1v) is 8.44. The van der Waals surface area contributed by atoms with Crippen molar-refractivity contribution < 1.29 is 0 Å². The highest BCUT2D eigenvalue weighted by atomic mass is 32.2. The maximum absolute atomic E-state index is 3.75. The fourth-order valence-electron chi connectivity index (χ4n) is 2.65. The van der Waals surface area contributed by atoms with Crippen LogP contribution in [0, 0.1) is 5.92 Å². The minimum Gasteiger partial charge on any atom is -0.310 e. The summed E-state index contributed by atoms with van der Waals surface area (Å²) in [5.74, 6) is 0.953. The molecule has 0 aliphatic heterocycles. The van der Waals surface area contributed by atoms with E-state index in [0.717, 1.165) is 12.5 Å². The lowest BCUT2D eigenvalue weighted by molar-refractivity contribution is 0.260. The molecule has 0 bridgehead atoms. The van der Waals surface area contributed by atoms with E-state index < -0.39 is 0 Å². The molecule has 0 amide bonds. The van der Waals surface area contributed by atoms with Gasteiger partial charge >= 0.3 is 0 Å². The third-order valence-corrected chi connectivity index (χ3v) is 4.76. The summed E-state index contributed by atoms with van der Waals surface area (Å²) in [6, 6.07) is 9.43. The van der Waals surface area contributed by atoms with Gasteiger partial charge in [-0.1, -0.05) is 44.4 Å². The molecule has 0 spiro atoms. The molecule has 0 radical (unpaired) electrons. The normalized spacial score (nSPS) is 17.4. The third-order valence-electron chi connectivity index (χ3n) is 3.95. The summed E-state index contributed by atoms with van der Waals surface area (Å²) in [6.45, 7) is 3.37. The lowest BCUT2D eigenvalue weighted by Crippen LogP contribution is -2.27. The molecule has 1 unspecified atom stereocenters. The van der Waals surface area contributed by atoms with Crippen LogP contribution < -0.4 is 5.32 Å². The van der Waals surface area contributed by atoms with Crippen molar-refractivity contribution >= 4 is 11.8 Å². The van der Waals surface area contributed by atoms with Gasteiger partial charge in [-0.3, -0.25) is 0 Å². The molecular weight excluding hydrogens is 238 g/mol. The second-order valence-electron chi connectivity index (χ2n) is 5.28. The van der Waals surface area contributed by atoms with E-state index in [2.05, 4.69) is 42.8 Å². The first-order chi connectivity index (χ1) is 8.85. The van der Waals surface area contributed by atoms with Crippen LogP contribution in [0.3, 0.4) is 0 Å². The molecule has 0 aromatic heterocycles. The van der Waals surface area contributed by atoms with Gasteiger partial charge in [0.15, 0.2) is 0 Å². The molecular formula is C16H25NS. The van der Waals surface area contributed by atoms with E-state index in [-0.39, 0.29) is 0 Å². The van der Waals surface area contributed by atoms with Gasteiger partial charge in [0.2, 0.25) is 0 Å².